The second kappa shape index (κ2) is 12.0. The van der Waals surface area contributed by atoms with Crippen molar-refractivity contribution < 1.29 is 39.9 Å². The molecule has 2 heterocycles. The summed E-state index contributed by atoms with van der Waals surface area (Å²) in [5.74, 6) is 1.15. The zero-order valence-corrected chi connectivity index (χ0v) is 24.5. The molecule has 3 aromatic rings. The van der Waals surface area contributed by atoms with Gasteiger partial charge in [0.2, 0.25) is 0 Å². The number of aromatic nitrogens is 2. The van der Waals surface area contributed by atoms with E-state index in [1.54, 1.807) is 14.0 Å². The lowest BCUT2D eigenvalue weighted by atomic mass is 9.90. The van der Waals surface area contributed by atoms with Crippen molar-refractivity contribution in [3.8, 4) is 17.6 Å². The Hall–Kier alpha value is -3.90. The van der Waals surface area contributed by atoms with E-state index < -0.39 is 52.9 Å². The van der Waals surface area contributed by atoms with Gasteiger partial charge in [-0.25, -0.2) is 22.2 Å². The fourth-order valence-electron chi connectivity index (χ4n) is 5.07. The molecule has 2 unspecified atom stereocenters. The average Bonchev–Trinajstić information content (AvgIpc) is 3.28. The molecule has 232 valence electrons. The normalized spacial score (nSPS) is 19.0. The number of nitrogens with zero attached hydrogens (tertiary/aromatic N) is 3. The first-order chi connectivity index (χ1) is 20.0. The van der Waals surface area contributed by atoms with Gasteiger partial charge in [-0.1, -0.05) is 18.8 Å². The number of nitrogens with one attached hydrogen (secondary N) is 2. The molecule has 0 spiro atoms. The zero-order valence-electron chi connectivity index (χ0n) is 23.7. The number of hydrogen-bond acceptors (Lipinski definition) is 7. The number of sulfone groups is 1. The molecule has 1 amide bonds. The van der Waals surface area contributed by atoms with Crippen LogP contribution < -0.4 is 15.4 Å². The molecule has 0 bridgehead atoms. The van der Waals surface area contributed by atoms with Gasteiger partial charge >= 0.3 is 6.18 Å². The van der Waals surface area contributed by atoms with E-state index in [0.717, 1.165) is 17.2 Å². The molecule has 4 rings (SSSR count). The Morgan fingerprint density at radius 2 is 1.95 bits per heavy atom. The largest absolute Gasteiger partial charge is 0.495 e. The Morgan fingerprint density at radius 1 is 1.23 bits per heavy atom. The number of ether oxygens (including phenoxy) is 1. The minimum absolute atomic E-state index is 0.0374. The van der Waals surface area contributed by atoms with E-state index in [-0.39, 0.29) is 33.6 Å². The van der Waals surface area contributed by atoms with Gasteiger partial charge in [0, 0.05) is 18.4 Å². The Kier molecular flexibility index (Phi) is 8.94. The highest BCUT2D eigenvalue weighted by atomic mass is 32.2. The number of hydrogen-bond donors (Lipinski definition) is 2. The predicted molar refractivity (Wildman–Crippen MR) is 150 cm³/mol. The standard InChI is InChI=1S/C28H30F5N5O4S/c1-17-13-37(2)14-27(29,30)25(17)36-26(39)20-10-18(11-22-24(20)35-16-38(22)15-28(31,32)33)6-5-9-34-21-12-19(43(4,40)41)7-8-23(21)42-3/h7-8,10-12,16-17,25,34H,9,13-15H2,1-4H3,(H,36,39). The lowest BCUT2D eigenvalue weighted by Crippen LogP contribution is -2.61. The third-order valence-electron chi connectivity index (χ3n) is 6.91. The maximum Gasteiger partial charge on any atom is 0.406 e. The van der Waals surface area contributed by atoms with Crippen LogP contribution >= 0.6 is 0 Å². The summed E-state index contributed by atoms with van der Waals surface area (Å²) < 4.78 is 99.4. The van der Waals surface area contributed by atoms with E-state index in [1.165, 1.54) is 42.3 Å². The first-order valence-electron chi connectivity index (χ1n) is 13.0. The van der Waals surface area contributed by atoms with Crippen molar-refractivity contribution in [2.45, 2.75) is 36.5 Å². The molecule has 1 aromatic heterocycles. The fourth-order valence-corrected chi connectivity index (χ4v) is 5.72. The van der Waals surface area contributed by atoms with E-state index in [1.807, 2.05) is 0 Å². The Bertz CT molecular complexity index is 1690. The highest BCUT2D eigenvalue weighted by molar-refractivity contribution is 7.90. The predicted octanol–water partition coefficient (Wildman–Crippen LogP) is 3.79. The minimum atomic E-state index is -4.59. The van der Waals surface area contributed by atoms with Gasteiger partial charge in [-0.2, -0.15) is 13.2 Å². The van der Waals surface area contributed by atoms with Crippen LogP contribution in [0.1, 0.15) is 22.8 Å². The van der Waals surface area contributed by atoms with Crippen LogP contribution in [0.5, 0.6) is 5.75 Å². The van der Waals surface area contributed by atoms with Crippen LogP contribution in [0.3, 0.4) is 0 Å². The fraction of sp³-hybridized carbons (Fsp3) is 0.429. The van der Waals surface area contributed by atoms with Gasteiger partial charge in [0.1, 0.15) is 17.8 Å². The molecule has 1 aliphatic heterocycles. The summed E-state index contributed by atoms with van der Waals surface area (Å²) in [5, 5.41) is 5.32. The number of methoxy groups -OCH3 is 1. The number of carbonyl (C=O) groups excluding carboxylic acids is 1. The van der Waals surface area contributed by atoms with Gasteiger partial charge in [0.05, 0.1) is 54.2 Å². The van der Waals surface area contributed by atoms with Gasteiger partial charge in [-0.15, -0.1) is 0 Å². The third-order valence-corrected chi connectivity index (χ3v) is 8.02. The number of halogens is 5. The second-order valence-corrected chi connectivity index (χ2v) is 12.6. The van der Waals surface area contributed by atoms with Gasteiger partial charge < -0.3 is 24.8 Å². The average molecular weight is 628 g/mol. The van der Waals surface area contributed by atoms with E-state index in [9.17, 15) is 35.2 Å². The van der Waals surface area contributed by atoms with Crippen LogP contribution in [0.25, 0.3) is 11.0 Å². The summed E-state index contributed by atoms with van der Waals surface area (Å²) in [6.07, 6.45) is -2.60. The van der Waals surface area contributed by atoms with Crippen molar-refractivity contribution >= 4 is 32.5 Å². The van der Waals surface area contributed by atoms with Crippen LogP contribution in [-0.4, -0.2) is 87.0 Å². The van der Waals surface area contributed by atoms with Crippen LogP contribution in [-0.2, 0) is 16.4 Å². The van der Waals surface area contributed by atoms with Gasteiger partial charge in [0.25, 0.3) is 11.8 Å². The Morgan fingerprint density at radius 3 is 2.58 bits per heavy atom. The van der Waals surface area contributed by atoms with Crippen LogP contribution in [0.4, 0.5) is 27.6 Å². The number of likely N-dealkylation sites (tertiary alicyclic amines) is 1. The molecule has 1 saturated heterocycles. The van der Waals surface area contributed by atoms with Crippen LogP contribution in [0.15, 0.2) is 41.6 Å². The quantitative estimate of drug-likeness (QED) is 0.304. The first-order valence-corrected chi connectivity index (χ1v) is 14.9. The molecule has 1 fully saturated rings. The summed E-state index contributed by atoms with van der Waals surface area (Å²) in [7, 11) is -0.547. The molecular formula is C28H30F5N5O4S. The van der Waals surface area contributed by atoms with Gasteiger partial charge in [-0.05, 0) is 43.3 Å². The highest BCUT2D eigenvalue weighted by Crippen LogP contribution is 2.32. The molecule has 9 nitrogen and oxygen atoms in total. The molecule has 0 saturated carbocycles. The van der Waals surface area contributed by atoms with Crippen molar-refractivity contribution in [2.75, 3.05) is 45.4 Å². The third kappa shape index (κ3) is 7.55. The monoisotopic (exact) mass is 627 g/mol. The van der Waals surface area contributed by atoms with Gasteiger partial charge in [0.15, 0.2) is 9.84 Å². The van der Waals surface area contributed by atoms with Crippen molar-refractivity contribution in [1.29, 1.82) is 0 Å². The second-order valence-electron chi connectivity index (χ2n) is 10.6. The maximum atomic E-state index is 14.8. The Balaban J connectivity index is 1.67. The number of carbonyl (C=O) groups is 1. The number of alkyl halides is 5. The molecule has 2 N–H and O–H groups in total. The van der Waals surface area contributed by atoms with Gasteiger partial charge in [-0.3, -0.25) is 4.79 Å². The number of amides is 1. The zero-order chi connectivity index (χ0) is 31.7. The number of piperidine rings is 1. The van der Waals surface area contributed by atoms with Crippen molar-refractivity contribution in [1.82, 2.24) is 19.8 Å². The molecule has 2 atom stereocenters. The van der Waals surface area contributed by atoms with E-state index in [0.29, 0.717) is 18.0 Å². The molecule has 0 radical (unpaired) electrons. The summed E-state index contributed by atoms with van der Waals surface area (Å²) in [5.41, 5.74) is 0.153. The van der Waals surface area contributed by atoms with Crippen molar-refractivity contribution in [2.24, 2.45) is 5.92 Å². The lowest BCUT2D eigenvalue weighted by molar-refractivity contribution is -0.140. The number of benzene rings is 2. The molecule has 0 aliphatic carbocycles. The van der Waals surface area contributed by atoms with E-state index >= 15 is 0 Å². The SMILES string of the molecule is COc1ccc(S(C)(=O)=O)cc1NCC#Cc1cc(C(=O)NC2C(C)CN(C)CC2(F)F)c2ncn(CC(F)(F)F)c2c1. The summed E-state index contributed by atoms with van der Waals surface area (Å²) in [6.45, 7) is -0.0909. The first kappa shape index (κ1) is 32.0. The number of imidazole rings is 1. The minimum Gasteiger partial charge on any atom is -0.495 e. The molecular weight excluding hydrogens is 597 g/mol. The number of rotatable bonds is 7. The summed E-state index contributed by atoms with van der Waals surface area (Å²) in [4.78, 5) is 18.8. The van der Waals surface area contributed by atoms with Crippen LogP contribution in [0, 0.1) is 17.8 Å². The Labute approximate surface area is 245 Å². The molecule has 15 heteroatoms. The van der Waals surface area contributed by atoms with Crippen molar-refractivity contribution in [3.05, 3.63) is 47.8 Å². The lowest BCUT2D eigenvalue weighted by Gasteiger charge is -2.41. The summed E-state index contributed by atoms with van der Waals surface area (Å²) >= 11 is 0. The topological polar surface area (TPSA) is 106 Å². The molecule has 43 heavy (non-hydrogen) atoms. The van der Waals surface area contributed by atoms with Crippen molar-refractivity contribution in [3.63, 3.8) is 0 Å². The van der Waals surface area contributed by atoms with E-state index in [2.05, 4.69) is 27.5 Å². The summed E-state index contributed by atoms with van der Waals surface area (Å²) in [6, 6.07) is 5.36. The number of anilines is 1. The van der Waals surface area contributed by atoms with E-state index in [4.69, 9.17) is 4.74 Å². The molecule has 1 aliphatic rings. The number of fused-ring (bicyclic) bond motifs is 1. The van der Waals surface area contributed by atoms with Crippen LogP contribution in [0.2, 0.25) is 0 Å². The highest BCUT2D eigenvalue weighted by Gasteiger charge is 2.48. The molecule has 2 aromatic carbocycles. The smallest absolute Gasteiger partial charge is 0.406 e. The maximum absolute atomic E-state index is 14.8.